The highest BCUT2D eigenvalue weighted by molar-refractivity contribution is 7.82. The van der Waals surface area contributed by atoms with E-state index in [1.54, 1.807) is 0 Å². The highest BCUT2D eigenvalue weighted by Crippen LogP contribution is 2.18. The van der Waals surface area contributed by atoms with Crippen molar-refractivity contribution in [2.24, 2.45) is 0 Å². The van der Waals surface area contributed by atoms with E-state index in [-0.39, 0.29) is 12.1 Å². The molecule has 168 valence electrons. The second-order valence-corrected chi connectivity index (χ2v) is 10.2. The molecule has 3 rings (SSSR count). The Morgan fingerprint density at radius 1 is 1.07 bits per heavy atom. The number of alkyl carbamates (subject to hydrolysis) is 1. The summed E-state index contributed by atoms with van der Waals surface area (Å²) in [7, 11) is 0.924. The van der Waals surface area contributed by atoms with Gasteiger partial charge in [-0.05, 0) is 52.8 Å². The zero-order chi connectivity index (χ0) is 22.1. The van der Waals surface area contributed by atoms with Crippen molar-refractivity contribution in [2.75, 3.05) is 33.2 Å². The van der Waals surface area contributed by atoms with E-state index in [0.29, 0.717) is 18.9 Å². The van der Waals surface area contributed by atoms with Crippen LogP contribution in [0.2, 0.25) is 0 Å². The first-order valence-electron chi connectivity index (χ1n) is 10.6. The van der Waals surface area contributed by atoms with E-state index in [1.807, 2.05) is 62.5 Å². The van der Waals surface area contributed by atoms with Crippen LogP contribution in [0, 0.1) is 0 Å². The predicted octanol–water partition coefficient (Wildman–Crippen LogP) is 2.98. The fourth-order valence-corrected chi connectivity index (χ4v) is 4.42. The number of Topliss-reactive ketones (excluding diaryl/α,β-unsaturated/α-hetero) is 1. The van der Waals surface area contributed by atoms with Crippen LogP contribution in [0.15, 0.2) is 35.2 Å². The lowest BCUT2D eigenvalue weighted by atomic mass is 10.1. The normalized spacial score (nSPS) is 20.1. The minimum atomic E-state index is -1.12. The first kappa shape index (κ1) is 24.5. The number of carbonyl (C=O) groups is 2. The summed E-state index contributed by atoms with van der Waals surface area (Å²) in [5, 5.41) is 2.89. The molecule has 2 saturated heterocycles. The number of hydrogen-bond acceptors (Lipinski definition) is 5. The van der Waals surface area contributed by atoms with Crippen molar-refractivity contribution in [3.63, 3.8) is 0 Å². The third-order valence-electron chi connectivity index (χ3n) is 4.90. The van der Waals surface area contributed by atoms with E-state index < -0.39 is 16.6 Å². The van der Waals surface area contributed by atoms with Gasteiger partial charge in [0.2, 0.25) is 0 Å². The van der Waals surface area contributed by atoms with E-state index in [4.69, 9.17) is 4.74 Å². The first-order valence-corrected chi connectivity index (χ1v) is 11.7. The summed E-state index contributed by atoms with van der Waals surface area (Å²) in [6, 6.07) is 9.53. The smallest absolute Gasteiger partial charge is 0.407 e. The van der Waals surface area contributed by atoms with Crippen molar-refractivity contribution in [2.45, 2.75) is 63.0 Å². The van der Waals surface area contributed by atoms with Gasteiger partial charge in [0.15, 0.2) is 0 Å². The average molecular weight is 438 g/mol. The molecule has 2 aliphatic heterocycles. The van der Waals surface area contributed by atoms with Crippen LogP contribution in [0.4, 0.5) is 4.79 Å². The SMILES string of the molecule is CC(C)(C)OC(=O)NC1CCN(S(=O)c2ccccc2)CC1.CN1CCC(=O)CC1. The van der Waals surface area contributed by atoms with Gasteiger partial charge in [-0.2, -0.15) is 0 Å². The molecular formula is C22H35N3O4S. The van der Waals surface area contributed by atoms with E-state index in [0.717, 1.165) is 43.7 Å². The van der Waals surface area contributed by atoms with Crippen molar-refractivity contribution >= 4 is 22.9 Å². The maximum absolute atomic E-state index is 12.4. The lowest BCUT2D eigenvalue weighted by Crippen LogP contribution is -2.46. The van der Waals surface area contributed by atoms with Gasteiger partial charge < -0.3 is 15.0 Å². The molecule has 2 heterocycles. The number of nitrogens with one attached hydrogen (secondary N) is 1. The van der Waals surface area contributed by atoms with Crippen LogP contribution in [-0.4, -0.2) is 70.2 Å². The molecule has 2 fully saturated rings. The molecule has 7 nitrogen and oxygen atoms in total. The number of likely N-dealkylation sites (tertiary alicyclic amines) is 1. The molecule has 1 aromatic rings. The number of carbonyl (C=O) groups excluding carboxylic acids is 2. The fourth-order valence-electron chi connectivity index (χ4n) is 3.19. The standard InChI is InChI=1S/C16H24N2O3S.C6H11NO/c1-16(2,3)21-15(19)17-13-9-11-18(12-10-13)22(20)14-7-5-4-6-8-14;1-7-4-2-6(8)3-5-7/h4-8,13H,9-12H2,1-3H3,(H,17,19);2-5H2,1H3. The molecule has 0 radical (unpaired) electrons. The van der Waals surface area contributed by atoms with Crippen LogP contribution in [0.3, 0.4) is 0 Å². The van der Waals surface area contributed by atoms with E-state index in [2.05, 4.69) is 10.2 Å². The van der Waals surface area contributed by atoms with E-state index in [9.17, 15) is 13.8 Å². The summed E-state index contributed by atoms with van der Waals surface area (Å²) in [6.45, 7) is 8.84. The Bertz CT molecular complexity index is 703. The molecule has 1 N–H and O–H groups in total. The Balaban J connectivity index is 0.000000335. The lowest BCUT2D eigenvalue weighted by molar-refractivity contribution is -0.121. The molecule has 8 heteroatoms. The zero-order valence-corrected chi connectivity index (χ0v) is 19.4. The highest BCUT2D eigenvalue weighted by atomic mass is 32.2. The van der Waals surface area contributed by atoms with Gasteiger partial charge in [-0.15, -0.1) is 0 Å². The summed E-state index contributed by atoms with van der Waals surface area (Å²) in [4.78, 5) is 25.3. The first-order chi connectivity index (χ1) is 14.1. The highest BCUT2D eigenvalue weighted by Gasteiger charge is 2.26. The van der Waals surface area contributed by atoms with Crippen LogP contribution in [-0.2, 0) is 20.5 Å². The van der Waals surface area contributed by atoms with Crippen LogP contribution < -0.4 is 5.32 Å². The molecule has 0 aromatic heterocycles. The van der Waals surface area contributed by atoms with Gasteiger partial charge in [0.1, 0.15) is 22.4 Å². The largest absolute Gasteiger partial charge is 0.444 e. The van der Waals surface area contributed by atoms with Crippen molar-refractivity contribution < 1.29 is 18.5 Å². The molecule has 0 bridgehead atoms. The number of hydrogen-bond donors (Lipinski definition) is 1. The van der Waals surface area contributed by atoms with Crippen LogP contribution >= 0.6 is 0 Å². The predicted molar refractivity (Wildman–Crippen MR) is 119 cm³/mol. The molecule has 0 aliphatic carbocycles. The van der Waals surface area contributed by atoms with Gasteiger partial charge in [0.05, 0.1) is 4.90 Å². The number of amides is 1. The number of nitrogens with zero attached hydrogens (tertiary/aromatic N) is 2. The lowest BCUT2D eigenvalue weighted by Gasteiger charge is -2.31. The molecule has 0 saturated carbocycles. The average Bonchev–Trinajstić information content (AvgIpc) is 2.70. The Morgan fingerprint density at radius 3 is 2.13 bits per heavy atom. The number of piperidine rings is 2. The second-order valence-electron chi connectivity index (χ2n) is 8.75. The molecule has 1 unspecified atom stereocenters. The fraction of sp³-hybridized carbons (Fsp3) is 0.636. The topological polar surface area (TPSA) is 79.0 Å². The Kier molecular flexibility index (Phi) is 9.45. The summed E-state index contributed by atoms with van der Waals surface area (Å²) in [6.07, 6.45) is 2.69. The maximum atomic E-state index is 12.4. The van der Waals surface area contributed by atoms with Gasteiger partial charge in [0, 0.05) is 45.1 Å². The van der Waals surface area contributed by atoms with Crippen molar-refractivity contribution in [1.82, 2.24) is 14.5 Å². The minimum absolute atomic E-state index is 0.0823. The van der Waals surface area contributed by atoms with Gasteiger partial charge in [0.25, 0.3) is 0 Å². The number of rotatable bonds is 3. The summed E-state index contributed by atoms with van der Waals surface area (Å²) < 4.78 is 19.6. The Morgan fingerprint density at radius 2 is 1.63 bits per heavy atom. The summed E-state index contributed by atoms with van der Waals surface area (Å²) in [5.41, 5.74) is -0.487. The number of benzene rings is 1. The van der Waals surface area contributed by atoms with E-state index >= 15 is 0 Å². The summed E-state index contributed by atoms with van der Waals surface area (Å²) >= 11 is 0. The van der Waals surface area contributed by atoms with Gasteiger partial charge >= 0.3 is 6.09 Å². The van der Waals surface area contributed by atoms with Gasteiger partial charge in [-0.3, -0.25) is 4.79 Å². The van der Waals surface area contributed by atoms with Crippen molar-refractivity contribution in [1.29, 1.82) is 0 Å². The van der Waals surface area contributed by atoms with Gasteiger partial charge in [-0.25, -0.2) is 13.3 Å². The van der Waals surface area contributed by atoms with Crippen LogP contribution in [0.1, 0.15) is 46.5 Å². The van der Waals surface area contributed by atoms with Gasteiger partial charge in [-0.1, -0.05) is 18.2 Å². The third kappa shape index (κ3) is 8.93. The minimum Gasteiger partial charge on any atom is -0.444 e. The number of ketones is 1. The third-order valence-corrected chi connectivity index (χ3v) is 6.41. The molecule has 0 spiro atoms. The Labute approximate surface area is 182 Å². The molecule has 2 aliphatic rings. The quantitative estimate of drug-likeness (QED) is 0.787. The van der Waals surface area contributed by atoms with E-state index in [1.165, 1.54) is 0 Å². The van der Waals surface area contributed by atoms with Crippen molar-refractivity contribution in [3.8, 4) is 0 Å². The molecule has 1 aromatic carbocycles. The number of ether oxygens (including phenoxy) is 1. The maximum Gasteiger partial charge on any atom is 0.407 e. The van der Waals surface area contributed by atoms with Crippen LogP contribution in [0.5, 0.6) is 0 Å². The summed E-state index contributed by atoms with van der Waals surface area (Å²) in [5.74, 6) is 0.420. The molecule has 1 amide bonds. The second kappa shape index (κ2) is 11.6. The zero-order valence-electron chi connectivity index (χ0n) is 18.6. The molecule has 1 atom stereocenters. The molecular weight excluding hydrogens is 402 g/mol. The molecule has 30 heavy (non-hydrogen) atoms. The monoisotopic (exact) mass is 437 g/mol. The van der Waals surface area contributed by atoms with Crippen molar-refractivity contribution in [3.05, 3.63) is 30.3 Å². The van der Waals surface area contributed by atoms with Crippen LogP contribution in [0.25, 0.3) is 0 Å². The Hall–Kier alpha value is -1.77.